The van der Waals surface area contributed by atoms with Gasteiger partial charge in [-0.25, -0.2) is 0 Å². The van der Waals surface area contributed by atoms with Gasteiger partial charge in [-0.2, -0.15) is 5.10 Å². The average Bonchev–Trinajstić information content (AvgIpc) is 2.84. The maximum Gasteiger partial charge on any atom is 0.0659 e. The minimum absolute atomic E-state index is 0.869. The summed E-state index contributed by atoms with van der Waals surface area (Å²) in [5.41, 5.74) is 5.29. The first-order valence-electron chi connectivity index (χ1n) is 7.29. The summed E-state index contributed by atoms with van der Waals surface area (Å²) >= 11 is 0. The molecule has 0 amide bonds. The summed E-state index contributed by atoms with van der Waals surface area (Å²) in [4.78, 5) is 0. The summed E-state index contributed by atoms with van der Waals surface area (Å²) in [7, 11) is 0. The summed E-state index contributed by atoms with van der Waals surface area (Å²) < 4.78 is 2.19. The van der Waals surface area contributed by atoms with Crippen molar-refractivity contribution in [3.63, 3.8) is 0 Å². The van der Waals surface area contributed by atoms with Crippen LogP contribution in [0.5, 0.6) is 0 Å². The number of rotatable bonds is 2. The van der Waals surface area contributed by atoms with E-state index in [9.17, 15) is 0 Å². The number of nitrogens with one attached hydrogen (secondary N) is 1. The van der Waals surface area contributed by atoms with Gasteiger partial charge < -0.3 is 5.32 Å². The number of hydrogen-bond acceptors (Lipinski definition) is 2. The van der Waals surface area contributed by atoms with E-state index in [4.69, 9.17) is 5.10 Å². The summed E-state index contributed by atoms with van der Waals surface area (Å²) in [6, 6.07) is 0. The number of aryl methyl sites for hydroxylation is 1. The zero-order chi connectivity index (χ0) is 13.8. The number of fused-ring (bicyclic) bond motifs is 1. The lowest BCUT2D eigenvalue weighted by Crippen LogP contribution is -2.25. The van der Waals surface area contributed by atoms with E-state index in [0.717, 1.165) is 32.5 Å². The minimum atomic E-state index is 0.869. The Labute approximate surface area is 120 Å². The maximum absolute atomic E-state index is 4.73. The quantitative estimate of drug-likeness (QED) is 0.893. The van der Waals surface area contributed by atoms with Gasteiger partial charge in [0.2, 0.25) is 0 Å². The van der Waals surface area contributed by atoms with Crippen molar-refractivity contribution in [3.8, 4) is 0 Å². The van der Waals surface area contributed by atoms with Crippen LogP contribution < -0.4 is 5.32 Å². The van der Waals surface area contributed by atoms with Gasteiger partial charge in [0.25, 0.3) is 0 Å². The Bertz CT molecular complexity index is 600. The van der Waals surface area contributed by atoms with Crippen molar-refractivity contribution in [1.29, 1.82) is 0 Å². The van der Waals surface area contributed by atoms with Gasteiger partial charge in [-0.3, -0.25) is 4.68 Å². The fraction of sp³-hybridized carbons (Fsp3) is 0.353. The van der Waals surface area contributed by atoms with Gasteiger partial charge in [0.05, 0.1) is 12.2 Å². The van der Waals surface area contributed by atoms with Gasteiger partial charge in [-0.05, 0) is 18.9 Å². The van der Waals surface area contributed by atoms with E-state index in [1.54, 1.807) is 0 Å². The molecular formula is C17H21N3. The molecule has 0 aromatic carbocycles. The Kier molecular flexibility index (Phi) is 3.97. The predicted molar refractivity (Wildman–Crippen MR) is 82.5 cm³/mol. The highest BCUT2D eigenvalue weighted by molar-refractivity contribution is 5.31. The Morgan fingerprint density at radius 3 is 3.10 bits per heavy atom. The van der Waals surface area contributed by atoms with Crippen molar-refractivity contribution >= 4 is 0 Å². The molecular weight excluding hydrogens is 246 g/mol. The van der Waals surface area contributed by atoms with Crippen LogP contribution in [0.3, 0.4) is 0 Å². The van der Waals surface area contributed by atoms with E-state index in [2.05, 4.69) is 59.5 Å². The highest BCUT2D eigenvalue weighted by atomic mass is 15.3. The standard InChI is InChI=1S/C17H21N3/c1-14-16-12-18-11-10-17(16)20(19-14)13-15-8-6-4-2-3-5-7-9-15/h2-6,8-9,18H,7,10-13H2,1H3/b4-2-,5-3-,8-6-,15-9+. The summed E-state index contributed by atoms with van der Waals surface area (Å²) in [6.07, 6.45) is 17.0. The smallest absolute Gasteiger partial charge is 0.0659 e. The molecule has 3 rings (SSSR count). The van der Waals surface area contributed by atoms with Crippen LogP contribution in [-0.2, 0) is 19.5 Å². The fourth-order valence-electron chi connectivity index (χ4n) is 2.77. The highest BCUT2D eigenvalue weighted by Crippen LogP contribution is 2.19. The number of hydrogen-bond donors (Lipinski definition) is 1. The minimum Gasteiger partial charge on any atom is -0.312 e. The Morgan fingerprint density at radius 1 is 1.25 bits per heavy atom. The molecule has 0 atom stereocenters. The lowest BCUT2D eigenvalue weighted by molar-refractivity contribution is 0.582. The second kappa shape index (κ2) is 6.06. The number of nitrogens with zero attached hydrogens (tertiary/aromatic N) is 2. The Balaban J connectivity index is 1.85. The number of allylic oxidation sites excluding steroid dienone is 8. The van der Waals surface area contributed by atoms with Crippen molar-refractivity contribution in [1.82, 2.24) is 15.1 Å². The molecule has 2 heterocycles. The zero-order valence-electron chi connectivity index (χ0n) is 12.0. The van der Waals surface area contributed by atoms with Crippen LogP contribution in [0.1, 0.15) is 23.4 Å². The Morgan fingerprint density at radius 2 is 2.15 bits per heavy atom. The van der Waals surface area contributed by atoms with Gasteiger partial charge >= 0.3 is 0 Å². The monoisotopic (exact) mass is 267 g/mol. The number of aromatic nitrogens is 2. The summed E-state index contributed by atoms with van der Waals surface area (Å²) in [6.45, 7) is 5.00. The van der Waals surface area contributed by atoms with E-state index < -0.39 is 0 Å². The molecule has 0 bridgehead atoms. The largest absolute Gasteiger partial charge is 0.312 e. The van der Waals surface area contributed by atoms with Crippen LogP contribution in [0.2, 0.25) is 0 Å². The van der Waals surface area contributed by atoms with Crippen molar-refractivity contribution in [2.45, 2.75) is 32.9 Å². The molecule has 3 heteroatoms. The normalized spacial score (nSPS) is 25.6. The topological polar surface area (TPSA) is 29.9 Å². The molecule has 1 aromatic heterocycles. The second-order valence-corrected chi connectivity index (χ2v) is 5.28. The SMILES string of the molecule is Cc1nn(CC2=C\C\C=C/C=C\C=C/2)c2c1CNCC2. The Hall–Kier alpha value is -1.87. The molecule has 0 spiro atoms. The van der Waals surface area contributed by atoms with Gasteiger partial charge in [0.15, 0.2) is 0 Å². The molecule has 1 aliphatic heterocycles. The molecule has 0 radical (unpaired) electrons. The molecule has 104 valence electrons. The van der Waals surface area contributed by atoms with E-state index >= 15 is 0 Å². The maximum atomic E-state index is 4.73. The van der Waals surface area contributed by atoms with Gasteiger partial charge in [0.1, 0.15) is 0 Å². The van der Waals surface area contributed by atoms with Crippen molar-refractivity contribution in [2.75, 3.05) is 6.54 Å². The van der Waals surface area contributed by atoms with Crippen LogP contribution in [0.4, 0.5) is 0 Å². The van der Waals surface area contributed by atoms with Crippen LogP contribution in [0.15, 0.2) is 48.1 Å². The van der Waals surface area contributed by atoms with E-state index in [1.165, 1.54) is 22.5 Å². The first-order chi connectivity index (χ1) is 9.84. The third kappa shape index (κ3) is 2.83. The third-order valence-electron chi connectivity index (χ3n) is 3.84. The second-order valence-electron chi connectivity index (χ2n) is 5.28. The van der Waals surface area contributed by atoms with Gasteiger partial charge in [-0.15, -0.1) is 0 Å². The van der Waals surface area contributed by atoms with Crippen molar-refractivity contribution < 1.29 is 0 Å². The van der Waals surface area contributed by atoms with E-state index in [1.807, 2.05) is 0 Å². The molecule has 3 nitrogen and oxygen atoms in total. The van der Waals surface area contributed by atoms with Crippen molar-refractivity contribution in [2.24, 2.45) is 0 Å². The molecule has 1 N–H and O–H groups in total. The van der Waals surface area contributed by atoms with Crippen LogP contribution in [0, 0.1) is 6.92 Å². The molecule has 0 saturated carbocycles. The molecule has 0 unspecified atom stereocenters. The first-order valence-corrected chi connectivity index (χ1v) is 7.29. The average molecular weight is 267 g/mol. The highest BCUT2D eigenvalue weighted by Gasteiger charge is 2.18. The summed E-state index contributed by atoms with van der Waals surface area (Å²) in [5.74, 6) is 0. The van der Waals surface area contributed by atoms with Crippen LogP contribution in [-0.4, -0.2) is 16.3 Å². The summed E-state index contributed by atoms with van der Waals surface area (Å²) in [5, 5.41) is 8.15. The molecule has 1 aromatic rings. The molecule has 0 fully saturated rings. The zero-order valence-corrected chi connectivity index (χ0v) is 12.0. The lowest BCUT2D eigenvalue weighted by Gasteiger charge is -2.15. The molecule has 0 saturated heterocycles. The van der Waals surface area contributed by atoms with Gasteiger partial charge in [-0.1, -0.05) is 42.5 Å². The van der Waals surface area contributed by atoms with Gasteiger partial charge in [0, 0.05) is 30.8 Å². The van der Waals surface area contributed by atoms with Crippen LogP contribution in [0.25, 0.3) is 0 Å². The fourth-order valence-corrected chi connectivity index (χ4v) is 2.77. The molecule has 1 aliphatic carbocycles. The lowest BCUT2D eigenvalue weighted by atomic mass is 10.1. The molecule has 2 aliphatic rings. The van der Waals surface area contributed by atoms with E-state index in [-0.39, 0.29) is 0 Å². The molecule has 20 heavy (non-hydrogen) atoms. The third-order valence-corrected chi connectivity index (χ3v) is 3.84. The predicted octanol–water partition coefficient (Wildman–Crippen LogP) is 2.84. The van der Waals surface area contributed by atoms with E-state index in [0.29, 0.717) is 0 Å². The van der Waals surface area contributed by atoms with Crippen molar-refractivity contribution in [3.05, 3.63) is 65.1 Å². The van der Waals surface area contributed by atoms with Crippen LogP contribution >= 0.6 is 0 Å². The first kappa shape index (κ1) is 13.1.